The quantitative estimate of drug-likeness (QED) is 0.0621. The van der Waals surface area contributed by atoms with E-state index >= 15 is 0 Å². The van der Waals surface area contributed by atoms with Crippen LogP contribution in [0.1, 0.15) is 182 Å². The summed E-state index contributed by atoms with van der Waals surface area (Å²) in [5.41, 5.74) is -0.199. The van der Waals surface area contributed by atoms with E-state index in [-0.39, 0.29) is 22.6 Å². The molecule has 0 fully saturated rings. The summed E-state index contributed by atoms with van der Waals surface area (Å²) in [7, 11) is 0. The Labute approximate surface area is 296 Å². The molecule has 0 spiro atoms. The zero-order chi connectivity index (χ0) is 36.0. The average Bonchev–Trinajstić information content (AvgIpc) is 3.07. The number of carboxylic acid groups (broad SMARTS) is 2. The van der Waals surface area contributed by atoms with Crippen molar-refractivity contribution in [2.45, 2.75) is 162 Å². The zero-order valence-electron chi connectivity index (χ0n) is 30.6. The van der Waals surface area contributed by atoms with Gasteiger partial charge in [0, 0.05) is 12.1 Å². The fourth-order valence-electron chi connectivity index (χ4n) is 5.65. The summed E-state index contributed by atoms with van der Waals surface area (Å²) < 4.78 is 11.1. The van der Waals surface area contributed by atoms with Crippen molar-refractivity contribution >= 4 is 11.9 Å². The number of rotatable bonds is 29. The first-order valence-corrected chi connectivity index (χ1v) is 19.2. The highest BCUT2D eigenvalue weighted by molar-refractivity contribution is 5.91. The monoisotopic (exact) mass is 686 g/mol. The Morgan fingerprint density at radius 3 is 0.959 bits per heavy atom. The predicted octanol–water partition coefficient (Wildman–Crippen LogP) is 12.0. The predicted molar refractivity (Wildman–Crippen MR) is 199 cm³/mol. The second kappa shape index (κ2) is 29.5. The maximum Gasteiger partial charge on any atom is 0.339 e. The van der Waals surface area contributed by atoms with Gasteiger partial charge < -0.3 is 29.9 Å². The maximum atomic E-state index is 10.8. The van der Waals surface area contributed by atoms with Gasteiger partial charge in [0.15, 0.2) is 0 Å². The van der Waals surface area contributed by atoms with Gasteiger partial charge in [-0.15, -0.1) is 0 Å². The molecular weight excluding hydrogens is 620 g/mol. The third-order valence-corrected chi connectivity index (χ3v) is 8.68. The Bertz CT molecular complexity index is 1130. The minimum absolute atomic E-state index is 0.0988. The van der Waals surface area contributed by atoms with Crippen molar-refractivity contribution < 1.29 is 39.5 Å². The molecule has 0 heterocycles. The highest BCUT2D eigenvalue weighted by Gasteiger charge is 2.11. The fourth-order valence-corrected chi connectivity index (χ4v) is 5.65. The van der Waals surface area contributed by atoms with E-state index in [1.165, 1.54) is 146 Å². The molecule has 4 N–H and O–H groups in total. The summed E-state index contributed by atoms with van der Waals surface area (Å²) in [4.78, 5) is 21.6. The molecule has 0 amide bonds. The molecule has 0 aliphatic heterocycles. The van der Waals surface area contributed by atoms with Gasteiger partial charge in [-0.3, -0.25) is 0 Å². The first kappa shape index (κ1) is 43.6. The van der Waals surface area contributed by atoms with Crippen LogP contribution >= 0.6 is 0 Å². The first-order valence-electron chi connectivity index (χ1n) is 19.2. The lowest BCUT2D eigenvalue weighted by Crippen LogP contribution is -2.00. The largest absolute Gasteiger partial charge is 0.507 e. The standard InChI is InChI=1S/C22H36O4.C19H30O4/c1-2-3-4-5-6-7-8-9-10-11-12-13-14-17-26-19-15-16-20(22(24)25)21(23)18-19;1-2-3-4-5-6-7-8-9-10-11-14-23-16-12-13-17(19(21)22)18(20)15-16/h15-16,18,23H,2-14,17H2,1H3,(H,24,25);12-13,15,20H,2-11,14H2,1H3,(H,21,22). The van der Waals surface area contributed by atoms with E-state index in [0.29, 0.717) is 24.7 Å². The van der Waals surface area contributed by atoms with Crippen LogP contribution in [0.25, 0.3) is 0 Å². The fraction of sp³-hybridized carbons (Fsp3) is 0.659. The van der Waals surface area contributed by atoms with Gasteiger partial charge in [0.05, 0.1) is 13.2 Å². The van der Waals surface area contributed by atoms with Crippen molar-refractivity contribution in [2.75, 3.05) is 13.2 Å². The number of ether oxygens (including phenoxy) is 2. The molecule has 0 aromatic heterocycles. The van der Waals surface area contributed by atoms with Crippen molar-refractivity contribution in [3.8, 4) is 23.0 Å². The van der Waals surface area contributed by atoms with E-state index in [9.17, 15) is 19.8 Å². The lowest BCUT2D eigenvalue weighted by atomic mass is 10.0. The van der Waals surface area contributed by atoms with E-state index in [1.807, 2.05) is 0 Å². The van der Waals surface area contributed by atoms with Crippen LogP contribution in [-0.4, -0.2) is 45.6 Å². The van der Waals surface area contributed by atoms with E-state index in [4.69, 9.17) is 19.7 Å². The van der Waals surface area contributed by atoms with Crippen LogP contribution in [0.4, 0.5) is 0 Å². The van der Waals surface area contributed by atoms with Crippen molar-refractivity contribution in [1.82, 2.24) is 0 Å². The summed E-state index contributed by atoms with van der Waals surface area (Å²) in [6, 6.07) is 8.64. The second-order valence-electron chi connectivity index (χ2n) is 13.1. The van der Waals surface area contributed by atoms with E-state index in [1.54, 1.807) is 12.1 Å². The number of carbonyl (C=O) groups is 2. The normalized spacial score (nSPS) is 10.7. The Kier molecular flexibility index (Phi) is 26.2. The Morgan fingerprint density at radius 2 is 0.714 bits per heavy atom. The molecule has 0 bridgehead atoms. The van der Waals surface area contributed by atoms with Crippen molar-refractivity contribution in [3.05, 3.63) is 47.5 Å². The summed E-state index contributed by atoms with van der Waals surface area (Å²) >= 11 is 0. The van der Waals surface area contributed by atoms with Gasteiger partial charge in [-0.2, -0.15) is 0 Å². The summed E-state index contributed by atoms with van der Waals surface area (Å²) in [6.07, 6.45) is 29.8. The van der Waals surface area contributed by atoms with Gasteiger partial charge in [-0.25, -0.2) is 9.59 Å². The molecule has 49 heavy (non-hydrogen) atoms. The van der Waals surface area contributed by atoms with Crippen LogP contribution in [0, 0.1) is 0 Å². The van der Waals surface area contributed by atoms with Crippen LogP contribution < -0.4 is 9.47 Å². The molecule has 0 aliphatic carbocycles. The molecule has 2 rings (SSSR count). The number of benzene rings is 2. The number of aromatic carboxylic acids is 2. The molecule has 0 atom stereocenters. The summed E-state index contributed by atoms with van der Waals surface area (Å²) in [5, 5.41) is 36.9. The van der Waals surface area contributed by atoms with E-state index in [2.05, 4.69) is 13.8 Å². The van der Waals surface area contributed by atoms with Crippen LogP contribution in [0.5, 0.6) is 23.0 Å². The number of phenols is 2. The average molecular weight is 687 g/mol. The molecule has 0 aliphatic rings. The number of hydrogen-bond donors (Lipinski definition) is 4. The highest BCUT2D eigenvalue weighted by Crippen LogP contribution is 2.25. The molecular formula is C41H66O8. The van der Waals surface area contributed by atoms with Gasteiger partial charge in [0.1, 0.15) is 34.1 Å². The summed E-state index contributed by atoms with van der Waals surface area (Å²) in [5.74, 6) is -1.73. The smallest absolute Gasteiger partial charge is 0.339 e. The van der Waals surface area contributed by atoms with Crippen molar-refractivity contribution in [2.24, 2.45) is 0 Å². The van der Waals surface area contributed by atoms with Crippen molar-refractivity contribution in [1.29, 1.82) is 0 Å². The lowest BCUT2D eigenvalue weighted by Gasteiger charge is -2.08. The SMILES string of the molecule is CCCCCCCCCCCCCCCOc1ccc(C(=O)O)c(O)c1.CCCCCCCCCCCCOc1ccc(C(=O)O)c(O)c1. The van der Waals surface area contributed by atoms with Crippen LogP contribution in [0.2, 0.25) is 0 Å². The first-order chi connectivity index (χ1) is 23.8. The van der Waals surface area contributed by atoms with E-state index in [0.717, 1.165) is 25.7 Å². The number of hydrogen-bond acceptors (Lipinski definition) is 6. The van der Waals surface area contributed by atoms with Crippen molar-refractivity contribution in [3.63, 3.8) is 0 Å². The molecule has 0 saturated carbocycles. The maximum absolute atomic E-state index is 10.8. The Morgan fingerprint density at radius 1 is 0.449 bits per heavy atom. The molecule has 2 aromatic rings. The lowest BCUT2D eigenvalue weighted by molar-refractivity contribution is 0.0682. The van der Waals surface area contributed by atoms with Crippen LogP contribution in [-0.2, 0) is 0 Å². The van der Waals surface area contributed by atoms with Gasteiger partial charge in [0.2, 0.25) is 0 Å². The highest BCUT2D eigenvalue weighted by atomic mass is 16.5. The number of aromatic hydroxyl groups is 2. The summed E-state index contributed by atoms with van der Waals surface area (Å²) in [6.45, 7) is 5.70. The topological polar surface area (TPSA) is 134 Å². The van der Waals surface area contributed by atoms with Gasteiger partial charge in [-0.1, -0.05) is 149 Å². The van der Waals surface area contributed by atoms with E-state index < -0.39 is 11.9 Å². The molecule has 2 aromatic carbocycles. The molecule has 0 saturated heterocycles. The van der Waals surface area contributed by atoms with Crippen LogP contribution in [0.3, 0.4) is 0 Å². The third-order valence-electron chi connectivity index (χ3n) is 8.68. The molecule has 0 radical (unpaired) electrons. The zero-order valence-corrected chi connectivity index (χ0v) is 30.6. The molecule has 8 nitrogen and oxygen atoms in total. The molecule has 0 unspecified atom stereocenters. The van der Waals surface area contributed by atoms with Gasteiger partial charge >= 0.3 is 11.9 Å². The minimum atomic E-state index is -1.14. The molecule has 278 valence electrons. The van der Waals surface area contributed by atoms with Gasteiger partial charge in [0.25, 0.3) is 0 Å². The number of unbranched alkanes of at least 4 members (excludes halogenated alkanes) is 21. The van der Waals surface area contributed by atoms with Gasteiger partial charge in [-0.05, 0) is 37.1 Å². The second-order valence-corrected chi connectivity index (χ2v) is 13.1. The number of carboxylic acids is 2. The Balaban J connectivity index is 0.000000494. The Hall–Kier alpha value is -3.42. The minimum Gasteiger partial charge on any atom is -0.507 e. The van der Waals surface area contributed by atoms with Crippen LogP contribution in [0.15, 0.2) is 36.4 Å². The molecule has 8 heteroatoms. The third kappa shape index (κ3) is 22.8.